The summed E-state index contributed by atoms with van der Waals surface area (Å²) in [7, 11) is 3.14. The molecule has 7 heteroatoms. The number of urea groups is 1. The van der Waals surface area contributed by atoms with Crippen LogP contribution in [0.15, 0.2) is 53.6 Å². The average molecular weight is 333 g/mol. The van der Waals surface area contributed by atoms with Gasteiger partial charge in [-0.2, -0.15) is 18.3 Å². The number of nitrogens with zero attached hydrogens (tertiary/aromatic N) is 3. The van der Waals surface area contributed by atoms with E-state index in [1.165, 1.54) is 29.1 Å². The van der Waals surface area contributed by atoms with Crippen LogP contribution in [0.25, 0.3) is 0 Å². The zero-order valence-corrected chi connectivity index (χ0v) is 13.0. The number of hydrogen-bond donors (Lipinski definition) is 0. The third kappa shape index (κ3) is 2.73. The molecule has 0 radical (unpaired) electrons. The van der Waals surface area contributed by atoms with E-state index in [1.807, 2.05) is 0 Å². The molecule has 0 atom stereocenters. The van der Waals surface area contributed by atoms with Crippen LogP contribution >= 0.6 is 0 Å². The summed E-state index contributed by atoms with van der Waals surface area (Å²) in [6, 6.07) is 11.6. The summed E-state index contributed by atoms with van der Waals surface area (Å²) >= 11 is 0. The number of carbonyl (C=O) groups is 1. The number of alkyl halides is 3. The number of fused-ring (bicyclic) bond motifs is 1. The number of benzene rings is 2. The second-order valence-corrected chi connectivity index (χ2v) is 5.41. The molecule has 2 amide bonds. The predicted octanol–water partition coefficient (Wildman–Crippen LogP) is 3.96. The minimum Gasteiger partial charge on any atom is -0.295 e. The van der Waals surface area contributed by atoms with Crippen molar-refractivity contribution in [3.63, 3.8) is 0 Å². The normalized spacial score (nSPS) is 15.0. The van der Waals surface area contributed by atoms with Crippen LogP contribution in [0.1, 0.15) is 16.7 Å². The smallest absolute Gasteiger partial charge is 0.295 e. The fourth-order valence-electron chi connectivity index (χ4n) is 2.56. The lowest BCUT2D eigenvalue weighted by atomic mass is 9.99. The van der Waals surface area contributed by atoms with Crippen LogP contribution in [0.5, 0.6) is 0 Å². The molecule has 0 saturated carbocycles. The predicted molar refractivity (Wildman–Crippen MR) is 85.1 cm³/mol. The maximum Gasteiger partial charge on any atom is 0.416 e. The third-order valence-corrected chi connectivity index (χ3v) is 3.82. The van der Waals surface area contributed by atoms with Gasteiger partial charge < -0.3 is 0 Å². The Morgan fingerprint density at radius 2 is 1.58 bits per heavy atom. The lowest BCUT2D eigenvalue weighted by Gasteiger charge is -2.19. The first-order valence-corrected chi connectivity index (χ1v) is 7.16. The quantitative estimate of drug-likeness (QED) is 0.778. The molecule has 0 spiro atoms. The van der Waals surface area contributed by atoms with Crippen molar-refractivity contribution < 1.29 is 18.0 Å². The minimum atomic E-state index is -4.39. The highest BCUT2D eigenvalue weighted by molar-refractivity contribution is 6.18. The summed E-state index contributed by atoms with van der Waals surface area (Å²) < 4.78 is 38.2. The van der Waals surface area contributed by atoms with E-state index in [0.717, 1.165) is 12.1 Å². The van der Waals surface area contributed by atoms with Crippen molar-refractivity contribution >= 4 is 17.4 Å². The van der Waals surface area contributed by atoms with E-state index in [2.05, 4.69) is 5.10 Å². The highest BCUT2D eigenvalue weighted by Gasteiger charge is 2.31. The average Bonchev–Trinajstić information content (AvgIpc) is 2.65. The zero-order valence-electron chi connectivity index (χ0n) is 13.0. The molecular formula is C17H14F3N3O. The molecule has 2 aromatic carbocycles. The molecule has 2 aromatic rings. The monoisotopic (exact) mass is 333 g/mol. The first-order valence-electron chi connectivity index (χ1n) is 7.16. The maximum absolute atomic E-state index is 12.7. The van der Waals surface area contributed by atoms with E-state index in [-0.39, 0.29) is 6.03 Å². The molecule has 1 heterocycles. The van der Waals surface area contributed by atoms with E-state index in [1.54, 1.807) is 31.3 Å². The summed E-state index contributed by atoms with van der Waals surface area (Å²) in [6.45, 7) is 0. The van der Waals surface area contributed by atoms with Crippen LogP contribution in [0.4, 0.5) is 23.7 Å². The highest BCUT2D eigenvalue weighted by atomic mass is 19.4. The lowest BCUT2D eigenvalue weighted by Crippen LogP contribution is -2.34. The second kappa shape index (κ2) is 5.67. The number of hydrogen-bond acceptors (Lipinski definition) is 2. The van der Waals surface area contributed by atoms with Crippen molar-refractivity contribution in [2.45, 2.75) is 6.18 Å². The van der Waals surface area contributed by atoms with Crippen LogP contribution in [0.3, 0.4) is 0 Å². The van der Waals surface area contributed by atoms with Gasteiger partial charge in [0.1, 0.15) is 5.71 Å². The van der Waals surface area contributed by atoms with Gasteiger partial charge in [0, 0.05) is 25.2 Å². The Morgan fingerprint density at radius 3 is 2.21 bits per heavy atom. The lowest BCUT2D eigenvalue weighted by molar-refractivity contribution is -0.137. The fraction of sp³-hybridized carbons (Fsp3) is 0.176. The van der Waals surface area contributed by atoms with Gasteiger partial charge in [0.25, 0.3) is 0 Å². The molecule has 0 N–H and O–H groups in total. The summed E-state index contributed by atoms with van der Waals surface area (Å²) in [4.78, 5) is 13.7. The minimum absolute atomic E-state index is 0.329. The maximum atomic E-state index is 12.7. The van der Waals surface area contributed by atoms with Gasteiger partial charge >= 0.3 is 12.2 Å². The van der Waals surface area contributed by atoms with Gasteiger partial charge in [0.2, 0.25) is 0 Å². The van der Waals surface area contributed by atoms with Gasteiger partial charge in [0.05, 0.1) is 11.3 Å². The second-order valence-electron chi connectivity index (χ2n) is 5.41. The van der Waals surface area contributed by atoms with Gasteiger partial charge in [-0.05, 0) is 18.2 Å². The van der Waals surface area contributed by atoms with Crippen molar-refractivity contribution in [3.05, 3.63) is 65.2 Å². The Hall–Kier alpha value is -2.83. The van der Waals surface area contributed by atoms with E-state index in [9.17, 15) is 18.0 Å². The largest absolute Gasteiger partial charge is 0.416 e. The summed E-state index contributed by atoms with van der Waals surface area (Å²) in [5, 5.41) is 5.46. The molecule has 3 rings (SSSR count). The Morgan fingerprint density at radius 1 is 0.958 bits per heavy atom. The van der Waals surface area contributed by atoms with E-state index >= 15 is 0 Å². The molecular weight excluding hydrogens is 319 g/mol. The first kappa shape index (κ1) is 16.0. The number of rotatable bonds is 1. The molecule has 0 saturated heterocycles. The van der Waals surface area contributed by atoms with Crippen molar-refractivity contribution in [1.29, 1.82) is 0 Å². The molecule has 0 aliphatic carbocycles. The van der Waals surface area contributed by atoms with Gasteiger partial charge in [-0.1, -0.05) is 30.3 Å². The molecule has 0 fully saturated rings. The summed E-state index contributed by atoms with van der Waals surface area (Å²) in [5.41, 5.74) is 1.54. The standard InChI is InChI=1S/C17H14F3N3O/c1-22-14-6-4-3-5-13(14)15(21-23(2)16(22)24)11-7-9-12(10-8-11)17(18,19)20/h3-10H,1-2H3. The number of amides is 2. The number of carbonyl (C=O) groups excluding carboxylic acids is 1. The van der Waals surface area contributed by atoms with Crippen LogP contribution in [-0.4, -0.2) is 30.8 Å². The van der Waals surface area contributed by atoms with Gasteiger partial charge in [0.15, 0.2) is 0 Å². The van der Waals surface area contributed by atoms with Gasteiger partial charge in [-0.15, -0.1) is 0 Å². The summed E-state index contributed by atoms with van der Waals surface area (Å²) in [5.74, 6) is 0. The van der Waals surface area contributed by atoms with Crippen molar-refractivity contribution in [1.82, 2.24) is 5.01 Å². The van der Waals surface area contributed by atoms with E-state index in [4.69, 9.17) is 0 Å². The van der Waals surface area contributed by atoms with Crippen LogP contribution in [-0.2, 0) is 6.18 Å². The Kier molecular flexibility index (Phi) is 3.79. The highest BCUT2D eigenvalue weighted by Crippen LogP contribution is 2.31. The Bertz CT molecular complexity index is 813. The fourth-order valence-corrected chi connectivity index (χ4v) is 2.56. The molecule has 4 nitrogen and oxygen atoms in total. The summed E-state index contributed by atoms with van der Waals surface area (Å²) in [6.07, 6.45) is -4.39. The SMILES string of the molecule is CN1N=C(c2ccc(C(F)(F)F)cc2)c2ccccc2N(C)C1=O. The topological polar surface area (TPSA) is 35.9 Å². The van der Waals surface area contributed by atoms with Crippen molar-refractivity contribution in [2.24, 2.45) is 5.10 Å². The van der Waals surface area contributed by atoms with Crippen LogP contribution < -0.4 is 4.90 Å². The molecule has 0 aromatic heterocycles. The van der Waals surface area contributed by atoms with Gasteiger partial charge in [-0.3, -0.25) is 4.90 Å². The molecule has 124 valence electrons. The Labute approximate surface area is 136 Å². The number of anilines is 1. The van der Waals surface area contributed by atoms with Gasteiger partial charge in [-0.25, -0.2) is 9.80 Å². The molecule has 0 bridgehead atoms. The Balaban J connectivity index is 2.13. The van der Waals surface area contributed by atoms with E-state index in [0.29, 0.717) is 22.5 Å². The molecule has 24 heavy (non-hydrogen) atoms. The molecule has 0 unspecified atom stereocenters. The first-order chi connectivity index (χ1) is 11.3. The zero-order chi connectivity index (χ0) is 17.5. The molecule has 1 aliphatic rings. The van der Waals surface area contributed by atoms with Crippen molar-refractivity contribution in [2.75, 3.05) is 19.0 Å². The van der Waals surface area contributed by atoms with Crippen molar-refractivity contribution in [3.8, 4) is 0 Å². The number of hydrazone groups is 1. The number of halogens is 3. The van der Waals surface area contributed by atoms with Crippen LogP contribution in [0, 0.1) is 0 Å². The third-order valence-electron chi connectivity index (χ3n) is 3.82. The molecule has 1 aliphatic heterocycles. The number of para-hydroxylation sites is 1. The van der Waals surface area contributed by atoms with E-state index < -0.39 is 11.7 Å². The van der Waals surface area contributed by atoms with Crippen LogP contribution in [0.2, 0.25) is 0 Å².